The van der Waals surface area contributed by atoms with Gasteiger partial charge in [0.15, 0.2) is 11.5 Å². The monoisotopic (exact) mass is 427 g/mol. The van der Waals surface area contributed by atoms with Gasteiger partial charge in [-0.05, 0) is 29.8 Å². The van der Waals surface area contributed by atoms with Crippen molar-refractivity contribution >= 4 is 22.2 Å². The van der Waals surface area contributed by atoms with Crippen LogP contribution in [0.2, 0.25) is 0 Å². The summed E-state index contributed by atoms with van der Waals surface area (Å²) in [6, 6.07) is 20.9. The number of para-hydroxylation sites is 1. The van der Waals surface area contributed by atoms with Crippen LogP contribution >= 0.6 is 0 Å². The first kappa shape index (κ1) is 19.4. The topological polar surface area (TPSA) is 105 Å². The second kappa shape index (κ2) is 7.62. The molecule has 2 heterocycles. The summed E-state index contributed by atoms with van der Waals surface area (Å²) < 4.78 is 8.17. The van der Waals surface area contributed by atoms with Gasteiger partial charge >= 0.3 is 5.69 Å². The lowest BCUT2D eigenvalue weighted by molar-refractivity contribution is -0.384. The molecule has 5 aromatic rings. The minimum Gasteiger partial charge on any atom is -0.497 e. The number of aromatic nitrogens is 4. The van der Waals surface area contributed by atoms with Crippen LogP contribution in [0.3, 0.4) is 0 Å². The maximum atomic E-state index is 13.4. The third-order valence-electron chi connectivity index (χ3n) is 5.27. The average Bonchev–Trinajstić information content (AvgIpc) is 3.28. The molecule has 158 valence electrons. The van der Waals surface area contributed by atoms with Gasteiger partial charge in [-0.1, -0.05) is 36.4 Å². The zero-order chi connectivity index (χ0) is 22.2. The van der Waals surface area contributed by atoms with Crippen molar-refractivity contribution in [1.82, 2.24) is 19.2 Å². The summed E-state index contributed by atoms with van der Waals surface area (Å²) in [4.78, 5) is 28.5. The number of fused-ring (bicyclic) bond motifs is 3. The highest BCUT2D eigenvalue weighted by molar-refractivity contribution is 5.92. The Balaban J connectivity index is 1.68. The van der Waals surface area contributed by atoms with Gasteiger partial charge in [0.2, 0.25) is 0 Å². The zero-order valence-corrected chi connectivity index (χ0v) is 17.0. The highest BCUT2D eigenvalue weighted by Gasteiger charge is 2.16. The molecule has 0 amide bonds. The van der Waals surface area contributed by atoms with Gasteiger partial charge < -0.3 is 4.74 Å². The Morgan fingerprint density at radius 1 is 1.03 bits per heavy atom. The van der Waals surface area contributed by atoms with Crippen LogP contribution in [0.25, 0.3) is 27.9 Å². The van der Waals surface area contributed by atoms with Crippen LogP contribution in [-0.4, -0.2) is 31.2 Å². The van der Waals surface area contributed by atoms with Gasteiger partial charge in [-0.2, -0.15) is 4.52 Å². The lowest BCUT2D eigenvalue weighted by atomic mass is 10.2. The molecule has 0 saturated heterocycles. The first-order chi connectivity index (χ1) is 15.5. The van der Waals surface area contributed by atoms with Crippen LogP contribution in [0.1, 0.15) is 5.56 Å². The van der Waals surface area contributed by atoms with Gasteiger partial charge in [-0.15, -0.1) is 5.10 Å². The molecular formula is C23H17N5O4. The molecule has 9 heteroatoms. The molecule has 0 N–H and O–H groups in total. The highest BCUT2D eigenvalue weighted by Crippen LogP contribution is 2.24. The van der Waals surface area contributed by atoms with E-state index in [4.69, 9.17) is 4.74 Å². The second-order valence-electron chi connectivity index (χ2n) is 7.21. The van der Waals surface area contributed by atoms with Crippen LogP contribution < -0.4 is 10.4 Å². The number of rotatable bonds is 5. The van der Waals surface area contributed by atoms with E-state index in [-0.39, 0.29) is 17.9 Å². The molecule has 9 nitrogen and oxygen atoms in total. The Kier molecular flexibility index (Phi) is 4.63. The number of benzene rings is 3. The zero-order valence-electron chi connectivity index (χ0n) is 17.0. The number of non-ortho nitro benzene ring substituents is 1. The van der Waals surface area contributed by atoms with Crippen molar-refractivity contribution in [2.45, 2.75) is 6.54 Å². The predicted molar refractivity (Wildman–Crippen MR) is 119 cm³/mol. The molecule has 0 atom stereocenters. The van der Waals surface area contributed by atoms with Crippen LogP contribution in [0.4, 0.5) is 5.69 Å². The third-order valence-corrected chi connectivity index (χ3v) is 5.27. The van der Waals surface area contributed by atoms with Crippen LogP contribution in [0, 0.1) is 10.1 Å². The van der Waals surface area contributed by atoms with E-state index in [1.165, 1.54) is 16.6 Å². The number of nitro benzene ring substituents is 1. The van der Waals surface area contributed by atoms with Gasteiger partial charge in [-0.25, -0.2) is 9.78 Å². The molecule has 0 bridgehead atoms. The molecule has 0 unspecified atom stereocenters. The fourth-order valence-corrected chi connectivity index (χ4v) is 3.68. The summed E-state index contributed by atoms with van der Waals surface area (Å²) in [5.74, 6) is 1.08. The van der Waals surface area contributed by atoms with E-state index in [1.807, 2.05) is 48.5 Å². The van der Waals surface area contributed by atoms with E-state index in [2.05, 4.69) is 10.1 Å². The fraction of sp³-hybridized carbons (Fsp3) is 0.0870. The number of hydrogen-bond donors (Lipinski definition) is 0. The molecule has 0 radical (unpaired) electrons. The van der Waals surface area contributed by atoms with Crippen molar-refractivity contribution in [2.24, 2.45) is 0 Å². The molecule has 0 aliphatic heterocycles. The smallest absolute Gasteiger partial charge is 0.351 e. The van der Waals surface area contributed by atoms with E-state index >= 15 is 0 Å². The van der Waals surface area contributed by atoms with Crippen molar-refractivity contribution in [3.63, 3.8) is 0 Å². The van der Waals surface area contributed by atoms with Crippen LogP contribution in [0.5, 0.6) is 5.75 Å². The quantitative estimate of drug-likeness (QED) is 0.313. The molecule has 2 aromatic heterocycles. The Morgan fingerprint density at radius 3 is 2.56 bits per heavy atom. The number of hydrogen-bond acceptors (Lipinski definition) is 6. The fourth-order valence-electron chi connectivity index (χ4n) is 3.68. The normalized spacial score (nSPS) is 11.2. The summed E-state index contributed by atoms with van der Waals surface area (Å²) >= 11 is 0. The average molecular weight is 427 g/mol. The summed E-state index contributed by atoms with van der Waals surface area (Å²) in [6.45, 7) is 0.238. The molecule has 0 spiro atoms. The standard InChI is InChI=1S/C23H17N5O4/c1-32-18-6-4-5-16(13-18)21-24-22-19-7-2-3-8-20(19)26(23(29)27(22)25-21)14-15-9-11-17(12-10-15)28(30)31/h2-13H,14H2,1H3. The van der Waals surface area contributed by atoms with Gasteiger partial charge in [0.25, 0.3) is 5.69 Å². The molecule has 5 rings (SSSR count). The lowest BCUT2D eigenvalue weighted by Crippen LogP contribution is -2.28. The molecule has 0 aliphatic carbocycles. The predicted octanol–water partition coefficient (Wildman–Crippen LogP) is 3.68. The van der Waals surface area contributed by atoms with Crippen molar-refractivity contribution in [3.05, 3.63) is 99.0 Å². The van der Waals surface area contributed by atoms with Gasteiger partial charge in [-0.3, -0.25) is 14.7 Å². The number of ether oxygens (including phenoxy) is 1. The first-order valence-corrected chi connectivity index (χ1v) is 9.81. The minimum atomic E-state index is -0.451. The van der Waals surface area contributed by atoms with Crippen LogP contribution in [-0.2, 0) is 6.54 Å². The van der Waals surface area contributed by atoms with Gasteiger partial charge in [0, 0.05) is 23.1 Å². The summed E-state index contributed by atoms with van der Waals surface area (Å²) in [6.07, 6.45) is 0. The lowest BCUT2D eigenvalue weighted by Gasteiger charge is -2.11. The maximum Gasteiger partial charge on any atom is 0.351 e. The SMILES string of the molecule is COc1cccc(-c2nc3c4ccccc4n(Cc4ccc([N+](=O)[O-])cc4)c(=O)n3n2)c1. The summed E-state index contributed by atoms with van der Waals surface area (Å²) in [5.41, 5.74) is 2.31. The molecule has 0 fully saturated rings. The maximum absolute atomic E-state index is 13.4. The summed E-state index contributed by atoms with van der Waals surface area (Å²) in [7, 11) is 1.58. The third kappa shape index (κ3) is 3.25. The largest absolute Gasteiger partial charge is 0.497 e. The molecule has 0 aliphatic rings. The highest BCUT2D eigenvalue weighted by atomic mass is 16.6. The molecule has 0 saturated carbocycles. The van der Waals surface area contributed by atoms with Crippen molar-refractivity contribution in [3.8, 4) is 17.1 Å². The van der Waals surface area contributed by atoms with Crippen molar-refractivity contribution in [2.75, 3.05) is 7.11 Å². The van der Waals surface area contributed by atoms with E-state index < -0.39 is 4.92 Å². The Hall–Kier alpha value is -4.53. The molecule has 32 heavy (non-hydrogen) atoms. The minimum absolute atomic E-state index is 0.000569. The molecule has 3 aromatic carbocycles. The van der Waals surface area contributed by atoms with Crippen LogP contribution in [0.15, 0.2) is 77.6 Å². The van der Waals surface area contributed by atoms with E-state index in [9.17, 15) is 14.9 Å². The Labute approximate surface area is 181 Å². The van der Waals surface area contributed by atoms with Gasteiger partial charge in [0.1, 0.15) is 5.75 Å². The summed E-state index contributed by atoms with van der Waals surface area (Å²) in [5, 5.41) is 16.2. The number of methoxy groups -OCH3 is 1. The first-order valence-electron chi connectivity index (χ1n) is 9.81. The second-order valence-corrected chi connectivity index (χ2v) is 7.21. The number of nitro groups is 1. The van der Waals surface area contributed by atoms with E-state index in [0.717, 1.165) is 16.5 Å². The van der Waals surface area contributed by atoms with Gasteiger partial charge in [0.05, 0.1) is 24.1 Å². The van der Waals surface area contributed by atoms with E-state index in [1.54, 1.807) is 23.8 Å². The van der Waals surface area contributed by atoms with E-state index in [0.29, 0.717) is 22.7 Å². The van der Waals surface area contributed by atoms with Crippen molar-refractivity contribution in [1.29, 1.82) is 0 Å². The molecular weight excluding hydrogens is 410 g/mol. The Bertz CT molecular complexity index is 1540. The van der Waals surface area contributed by atoms with Crippen molar-refractivity contribution < 1.29 is 9.66 Å². The number of nitrogens with zero attached hydrogens (tertiary/aromatic N) is 5. The Morgan fingerprint density at radius 2 is 1.81 bits per heavy atom.